The summed E-state index contributed by atoms with van der Waals surface area (Å²) < 4.78 is 81.5. The van der Waals surface area contributed by atoms with Gasteiger partial charge in [0.2, 0.25) is 29.1 Å². The summed E-state index contributed by atoms with van der Waals surface area (Å²) in [4.78, 5) is 10.4. The first kappa shape index (κ1) is 21.8. The molecule has 0 spiro atoms. The van der Waals surface area contributed by atoms with E-state index in [0.717, 1.165) is 0 Å². The van der Waals surface area contributed by atoms with Crippen LogP contribution in [0.5, 0.6) is 5.75 Å². The van der Waals surface area contributed by atoms with Gasteiger partial charge in [-0.05, 0) is 34.1 Å². The van der Waals surface area contributed by atoms with E-state index in [9.17, 15) is 26.7 Å². The van der Waals surface area contributed by atoms with Gasteiger partial charge in [0.15, 0.2) is 5.75 Å². The van der Waals surface area contributed by atoms with Gasteiger partial charge >= 0.3 is 8.80 Å². The summed E-state index contributed by atoms with van der Waals surface area (Å²) in [7, 11) is -3.55. The van der Waals surface area contributed by atoms with Crippen molar-refractivity contribution in [3.8, 4) is 5.75 Å². The molecular formula is C15H21F5O4Si. The second kappa shape index (κ2) is 8.92. The molecule has 1 rings (SSSR count). The minimum atomic E-state index is -3.55. The Hall–Kier alpha value is -1.23. The van der Waals surface area contributed by atoms with E-state index < -0.39 is 50.2 Å². The lowest BCUT2D eigenvalue weighted by Gasteiger charge is -2.28. The van der Waals surface area contributed by atoms with Crippen LogP contribution in [0.15, 0.2) is 0 Å². The lowest BCUT2D eigenvalue weighted by molar-refractivity contribution is 0.0464. The van der Waals surface area contributed by atoms with Crippen molar-refractivity contribution in [2.75, 3.05) is 6.61 Å². The van der Waals surface area contributed by atoms with Crippen molar-refractivity contribution in [3.05, 3.63) is 29.1 Å². The molecule has 0 atom stereocenters. The Morgan fingerprint density at radius 3 is 1.60 bits per heavy atom. The third-order valence-corrected chi connectivity index (χ3v) is 5.56. The molecular weight excluding hydrogens is 367 g/mol. The van der Waals surface area contributed by atoms with Crippen molar-refractivity contribution < 1.29 is 40.3 Å². The molecule has 10 heteroatoms. The van der Waals surface area contributed by atoms with Crippen molar-refractivity contribution in [1.82, 2.24) is 0 Å². The molecule has 25 heavy (non-hydrogen) atoms. The number of halogens is 5. The lowest BCUT2D eigenvalue weighted by Crippen LogP contribution is -2.46. The van der Waals surface area contributed by atoms with Crippen LogP contribution in [0.2, 0.25) is 6.04 Å². The van der Waals surface area contributed by atoms with Crippen LogP contribution in [0.4, 0.5) is 22.0 Å². The maximum atomic E-state index is 13.5. The largest absolute Gasteiger partial charge is 0.498 e. The maximum absolute atomic E-state index is 13.5. The van der Waals surface area contributed by atoms with Crippen molar-refractivity contribution in [3.63, 3.8) is 0 Å². The fourth-order valence-electron chi connectivity index (χ4n) is 2.06. The van der Waals surface area contributed by atoms with E-state index in [0.29, 0.717) is 0 Å². The van der Waals surface area contributed by atoms with E-state index in [1.807, 2.05) is 0 Å². The molecule has 4 nitrogen and oxygen atoms in total. The molecule has 0 saturated carbocycles. The highest BCUT2D eigenvalue weighted by Crippen LogP contribution is 2.29. The van der Waals surface area contributed by atoms with Crippen molar-refractivity contribution in [2.45, 2.75) is 52.4 Å². The molecule has 144 valence electrons. The molecule has 0 fully saturated rings. The summed E-state index contributed by atoms with van der Waals surface area (Å²) in [6, 6.07) is -0.00123. The first-order valence-corrected chi connectivity index (χ1v) is 9.67. The molecule has 0 heterocycles. The zero-order chi connectivity index (χ0) is 19.4. The minimum absolute atomic E-state index is 0.00123. The van der Waals surface area contributed by atoms with E-state index in [1.165, 1.54) is 0 Å². The molecule has 0 bridgehead atoms. The van der Waals surface area contributed by atoms with Crippen molar-refractivity contribution >= 4 is 8.80 Å². The number of rotatable bonds is 9. The van der Waals surface area contributed by atoms with Crippen molar-refractivity contribution in [2.24, 2.45) is 0 Å². The Labute approximate surface area is 143 Å². The monoisotopic (exact) mass is 388 g/mol. The molecule has 1 aromatic carbocycles. The molecule has 0 aliphatic carbocycles. The molecule has 1 aromatic rings. The lowest BCUT2D eigenvalue weighted by atomic mass is 10.2. The van der Waals surface area contributed by atoms with Crippen LogP contribution in [-0.4, -0.2) is 32.4 Å². The zero-order valence-electron chi connectivity index (χ0n) is 14.3. The van der Waals surface area contributed by atoms with Gasteiger partial charge in [0.25, 0.3) is 0 Å². The van der Waals surface area contributed by atoms with Gasteiger partial charge in [-0.15, -0.1) is 0 Å². The predicted molar refractivity (Wildman–Crippen MR) is 81.6 cm³/mol. The summed E-state index contributed by atoms with van der Waals surface area (Å²) >= 11 is 0. The van der Waals surface area contributed by atoms with Gasteiger partial charge in [-0.25, -0.2) is 13.2 Å². The molecule has 0 aliphatic rings. The average molecular weight is 388 g/mol. The van der Waals surface area contributed by atoms with Crippen LogP contribution in [0.3, 0.4) is 0 Å². The van der Waals surface area contributed by atoms with Crippen LogP contribution in [0, 0.1) is 29.1 Å². The van der Waals surface area contributed by atoms with Gasteiger partial charge in [0.1, 0.15) is 0 Å². The summed E-state index contributed by atoms with van der Waals surface area (Å²) in [5, 5.41) is 0. The fraction of sp³-hybridized carbons (Fsp3) is 0.600. The highest BCUT2D eigenvalue weighted by molar-refractivity contribution is 6.59. The normalized spacial score (nSPS) is 12.3. The van der Waals surface area contributed by atoms with Gasteiger partial charge in [-0.3, -0.25) is 0 Å². The summed E-state index contributed by atoms with van der Waals surface area (Å²) in [5.41, 5.74) is 0. The SMILES string of the molecule is CC(C)O[Si](O)(CCCOc1c(F)c(F)c(F)c(F)c1F)OC(C)C. The first-order valence-electron chi connectivity index (χ1n) is 7.70. The third kappa shape index (κ3) is 5.91. The number of hydrogen-bond acceptors (Lipinski definition) is 4. The number of ether oxygens (including phenoxy) is 1. The van der Waals surface area contributed by atoms with E-state index in [2.05, 4.69) is 0 Å². The van der Waals surface area contributed by atoms with Crippen LogP contribution in [0.1, 0.15) is 34.1 Å². The maximum Gasteiger partial charge on any atom is 0.498 e. The second-order valence-corrected chi connectivity index (χ2v) is 8.29. The van der Waals surface area contributed by atoms with Crippen LogP contribution in [-0.2, 0) is 8.85 Å². The topological polar surface area (TPSA) is 47.9 Å². The molecule has 0 aliphatic heterocycles. The van der Waals surface area contributed by atoms with Crippen molar-refractivity contribution in [1.29, 1.82) is 0 Å². The van der Waals surface area contributed by atoms with Gasteiger partial charge in [-0.1, -0.05) is 0 Å². The summed E-state index contributed by atoms with van der Waals surface area (Å²) in [6.07, 6.45) is -0.597. The quantitative estimate of drug-likeness (QED) is 0.229. The molecule has 0 radical (unpaired) electrons. The first-order chi connectivity index (χ1) is 11.5. The van der Waals surface area contributed by atoms with E-state index >= 15 is 0 Å². The Balaban J connectivity index is 2.74. The van der Waals surface area contributed by atoms with Crippen LogP contribution >= 0.6 is 0 Å². The van der Waals surface area contributed by atoms with Gasteiger partial charge in [0.05, 0.1) is 6.61 Å². The molecule has 0 saturated heterocycles. The minimum Gasteiger partial charge on any atom is -0.487 e. The average Bonchev–Trinajstić information content (AvgIpc) is 2.48. The van der Waals surface area contributed by atoms with Crippen LogP contribution in [0.25, 0.3) is 0 Å². The molecule has 0 aromatic heterocycles. The Bertz CT molecular complexity index is 559. The molecule has 1 N–H and O–H groups in total. The van der Waals surface area contributed by atoms with E-state index in [4.69, 9.17) is 13.6 Å². The third-order valence-electron chi connectivity index (χ3n) is 2.89. The molecule has 0 unspecified atom stereocenters. The number of benzene rings is 1. The molecule has 0 amide bonds. The van der Waals surface area contributed by atoms with Gasteiger partial charge in [0, 0.05) is 18.3 Å². The highest BCUT2D eigenvalue weighted by Gasteiger charge is 2.38. The number of hydrogen-bond donors (Lipinski definition) is 1. The Morgan fingerprint density at radius 2 is 1.20 bits per heavy atom. The second-order valence-electron chi connectivity index (χ2n) is 5.90. The standard InChI is InChI=1S/C15H21F5O4Si/c1-8(2)23-25(21,24-9(3)4)7-5-6-22-15-13(19)11(17)10(16)12(18)14(15)20/h8-9,21H,5-7H2,1-4H3. The Kier molecular flexibility index (Phi) is 7.79. The Morgan fingerprint density at radius 1 is 0.800 bits per heavy atom. The van der Waals surface area contributed by atoms with Gasteiger partial charge < -0.3 is 18.4 Å². The highest BCUT2D eigenvalue weighted by atomic mass is 28.4. The predicted octanol–water partition coefficient (Wildman–Crippen LogP) is 3.93. The zero-order valence-corrected chi connectivity index (χ0v) is 15.3. The summed E-state index contributed by atoms with van der Waals surface area (Å²) in [5.74, 6) is -11.8. The smallest absolute Gasteiger partial charge is 0.487 e. The van der Waals surface area contributed by atoms with Crippen LogP contribution < -0.4 is 4.74 Å². The summed E-state index contributed by atoms with van der Waals surface area (Å²) in [6.45, 7) is 6.41. The fourth-order valence-corrected chi connectivity index (χ4v) is 4.42. The van der Waals surface area contributed by atoms with E-state index in [1.54, 1.807) is 27.7 Å². The van der Waals surface area contributed by atoms with Gasteiger partial charge in [-0.2, -0.15) is 8.78 Å². The van der Waals surface area contributed by atoms with E-state index in [-0.39, 0.29) is 24.7 Å².